The Labute approximate surface area is 149 Å². The molecule has 0 spiro atoms. The molecule has 1 aromatic rings. The van der Waals surface area contributed by atoms with Crippen molar-refractivity contribution in [2.45, 2.75) is 51.6 Å². The van der Waals surface area contributed by atoms with E-state index in [1.807, 2.05) is 30.0 Å². The zero-order valence-corrected chi connectivity index (χ0v) is 15.4. The van der Waals surface area contributed by atoms with Gasteiger partial charge in [0.25, 0.3) is 0 Å². The molecule has 3 heterocycles. The lowest BCUT2D eigenvalue weighted by molar-refractivity contribution is -0.133. The van der Waals surface area contributed by atoms with Crippen molar-refractivity contribution in [2.75, 3.05) is 24.5 Å². The number of carbonyl (C=O) groups excluding carboxylic acids is 2. The van der Waals surface area contributed by atoms with Crippen molar-refractivity contribution in [3.05, 3.63) is 12.4 Å². The number of aryl methyl sites for hydroxylation is 1. The fourth-order valence-electron chi connectivity index (χ4n) is 3.94. The predicted octanol–water partition coefficient (Wildman–Crippen LogP) is 1.15. The Bertz CT molecular complexity index is 629. The summed E-state index contributed by atoms with van der Waals surface area (Å²) in [6.45, 7) is 6.38. The zero-order valence-electron chi connectivity index (χ0n) is 15.4. The van der Waals surface area contributed by atoms with E-state index in [9.17, 15) is 9.59 Å². The summed E-state index contributed by atoms with van der Waals surface area (Å²) in [6, 6.07) is 0.138. The summed E-state index contributed by atoms with van der Waals surface area (Å²) in [7, 11) is 1.86. The normalized spacial score (nSPS) is 27.6. The van der Waals surface area contributed by atoms with Crippen LogP contribution in [0.4, 0.5) is 5.69 Å². The Kier molecular flexibility index (Phi) is 5.42. The standard InChI is InChI=1S/C18H29N5O2/c1-4-17(24)22-9-7-15(13(2)11-22)20-16-6-5-8-23(18(16)25)14-10-19-21(3)12-14/h10,12-13,15-16,20H,4-9,11H2,1-3H3/t13-,15+,16-/m1/s1. The molecule has 0 saturated carbocycles. The number of nitrogens with one attached hydrogen (secondary N) is 1. The molecular weight excluding hydrogens is 318 g/mol. The summed E-state index contributed by atoms with van der Waals surface area (Å²) < 4.78 is 1.72. The molecule has 0 bridgehead atoms. The van der Waals surface area contributed by atoms with Crippen LogP contribution in [0.5, 0.6) is 0 Å². The second-order valence-electron chi connectivity index (χ2n) is 7.29. The number of aromatic nitrogens is 2. The van der Waals surface area contributed by atoms with Gasteiger partial charge in [0.05, 0.1) is 17.9 Å². The van der Waals surface area contributed by atoms with E-state index in [4.69, 9.17) is 0 Å². The third-order valence-electron chi connectivity index (χ3n) is 5.42. The van der Waals surface area contributed by atoms with Gasteiger partial charge in [-0.05, 0) is 25.2 Å². The van der Waals surface area contributed by atoms with Gasteiger partial charge in [0.2, 0.25) is 11.8 Å². The molecule has 0 unspecified atom stereocenters. The Morgan fingerprint density at radius 3 is 2.80 bits per heavy atom. The number of hydrogen-bond acceptors (Lipinski definition) is 4. The largest absolute Gasteiger partial charge is 0.342 e. The van der Waals surface area contributed by atoms with Crippen LogP contribution in [0.1, 0.15) is 39.5 Å². The first kappa shape index (κ1) is 17.9. The lowest BCUT2D eigenvalue weighted by Crippen LogP contribution is -2.58. The zero-order chi connectivity index (χ0) is 18.0. The molecule has 0 aromatic carbocycles. The number of likely N-dealkylation sites (tertiary alicyclic amines) is 1. The Hall–Kier alpha value is -1.89. The number of anilines is 1. The SMILES string of the molecule is CCC(=O)N1CC[C@H](N[C@@H]2CCCN(c3cnn(C)c3)C2=O)[C@H](C)C1. The van der Waals surface area contributed by atoms with Gasteiger partial charge in [0.15, 0.2) is 0 Å². The van der Waals surface area contributed by atoms with Crippen LogP contribution in [0.2, 0.25) is 0 Å². The molecular formula is C18H29N5O2. The maximum Gasteiger partial charge on any atom is 0.244 e. The molecule has 7 heteroatoms. The highest BCUT2D eigenvalue weighted by atomic mass is 16.2. The van der Waals surface area contributed by atoms with Gasteiger partial charge in [0, 0.05) is 45.3 Å². The van der Waals surface area contributed by atoms with Crippen molar-refractivity contribution < 1.29 is 9.59 Å². The summed E-state index contributed by atoms with van der Waals surface area (Å²) in [5.74, 6) is 0.714. The Morgan fingerprint density at radius 1 is 1.36 bits per heavy atom. The minimum absolute atomic E-state index is 0.138. The first-order valence-corrected chi connectivity index (χ1v) is 9.33. The predicted molar refractivity (Wildman–Crippen MR) is 96.2 cm³/mol. The van der Waals surface area contributed by atoms with E-state index in [1.165, 1.54) is 0 Å². The van der Waals surface area contributed by atoms with Crippen molar-refractivity contribution in [1.82, 2.24) is 20.0 Å². The van der Waals surface area contributed by atoms with E-state index in [-0.39, 0.29) is 23.9 Å². The fourth-order valence-corrected chi connectivity index (χ4v) is 3.94. The molecule has 138 valence electrons. The molecule has 2 aliphatic rings. The third-order valence-corrected chi connectivity index (χ3v) is 5.42. The van der Waals surface area contributed by atoms with Gasteiger partial charge in [0.1, 0.15) is 0 Å². The van der Waals surface area contributed by atoms with Crippen molar-refractivity contribution in [1.29, 1.82) is 0 Å². The highest BCUT2D eigenvalue weighted by Gasteiger charge is 2.35. The number of rotatable bonds is 4. The molecule has 2 saturated heterocycles. The summed E-state index contributed by atoms with van der Waals surface area (Å²) >= 11 is 0. The van der Waals surface area contributed by atoms with Gasteiger partial charge in [-0.3, -0.25) is 14.3 Å². The summed E-state index contributed by atoms with van der Waals surface area (Å²) in [5.41, 5.74) is 0.871. The topological polar surface area (TPSA) is 70.5 Å². The van der Waals surface area contributed by atoms with Gasteiger partial charge in [-0.2, -0.15) is 5.10 Å². The summed E-state index contributed by atoms with van der Waals surface area (Å²) in [5, 5.41) is 7.76. The van der Waals surface area contributed by atoms with Gasteiger partial charge < -0.3 is 15.1 Å². The molecule has 0 radical (unpaired) electrons. The second kappa shape index (κ2) is 7.56. The van der Waals surface area contributed by atoms with Crippen molar-refractivity contribution in [2.24, 2.45) is 13.0 Å². The lowest BCUT2D eigenvalue weighted by atomic mass is 9.91. The van der Waals surface area contributed by atoms with Gasteiger partial charge in [-0.15, -0.1) is 0 Å². The van der Waals surface area contributed by atoms with E-state index >= 15 is 0 Å². The summed E-state index contributed by atoms with van der Waals surface area (Å²) in [4.78, 5) is 28.6. The Balaban J connectivity index is 1.61. The number of piperidine rings is 2. The first-order chi connectivity index (χ1) is 12.0. The maximum absolute atomic E-state index is 12.9. The van der Waals surface area contributed by atoms with Crippen LogP contribution in [0.15, 0.2) is 12.4 Å². The molecule has 7 nitrogen and oxygen atoms in total. The number of amides is 2. The van der Waals surface area contributed by atoms with Crippen LogP contribution < -0.4 is 10.2 Å². The molecule has 2 aliphatic heterocycles. The van der Waals surface area contributed by atoms with E-state index in [0.717, 1.165) is 44.6 Å². The van der Waals surface area contributed by atoms with Crippen LogP contribution in [-0.4, -0.2) is 58.2 Å². The van der Waals surface area contributed by atoms with Crippen LogP contribution in [0.25, 0.3) is 0 Å². The fraction of sp³-hybridized carbons (Fsp3) is 0.722. The van der Waals surface area contributed by atoms with E-state index in [1.54, 1.807) is 10.9 Å². The molecule has 3 rings (SSSR count). The molecule has 25 heavy (non-hydrogen) atoms. The number of hydrogen-bond donors (Lipinski definition) is 1. The van der Waals surface area contributed by atoms with Gasteiger partial charge in [-0.1, -0.05) is 13.8 Å². The van der Waals surface area contributed by atoms with Crippen molar-refractivity contribution >= 4 is 17.5 Å². The molecule has 1 aromatic heterocycles. The average Bonchev–Trinajstić information content (AvgIpc) is 3.03. The highest BCUT2D eigenvalue weighted by Crippen LogP contribution is 2.23. The van der Waals surface area contributed by atoms with Crippen molar-refractivity contribution in [3.8, 4) is 0 Å². The van der Waals surface area contributed by atoms with Crippen LogP contribution in [0.3, 0.4) is 0 Å². The average molecular weight is 347 g/mol. The molecule has 1 N–H and O–H groups in total. The molecule has 2 amide bonds. The minimum Gasteiger partial charge on any atom is -0.342 e. The third kappa shape index (κ3) is 3.86. The Morgan fingerprint density at radius 2 is 2.16 bits per heavy atom. The summed E-state index contributed by atoms with van der Waals surface area (Å²) in [6.07, 6.45) is 6.96. The highest BCUT2D eigenvalue weighted by molar-refractivity contribution is 5.97. The van der Waals surface area contributed by atoms with Crippen LogP contribution in [0, 0.1) is 5.92 Å². The first-order valence-electron chi connectivity index (χ1n) is 9.33. The van der Waals surface area contributed by atoms with Crippen molar-refractivity contribution in [3.63, 3.8) is 0 Å². The van der Waals surface area contributed by atoms with E-state index in [0.29, 0.717) is 12.3 Å². The van der Waals surface area contributed by atoms with Gasteiger partial charge in [-0.25, -0.2) is 0 Å². The molecule has 3 atom stereocenters. The van der Waals surface area contributed by atoms with Crippen LogP contribution in [-0.2, 0) is 16.6 Å². The quantitative estimate of drug-likeness (QED) is 0.887. The molecule has 0 aliphatic carbocycles. The minimum atomic E-state index is -0.144. The van der Waals surface area contributed by atoms with E-state index < -0.39 is 0 Å². The van der Waals surface area contributed by atoms with E-state index in [2.05, 4.69) is 17.3 Å². The van der Waals surface area contributed by atoms with Gasteiger partial charge >= 0.3 is 0 Å². The maximum atomic E-state index is 12.9. The number of carbonyl (C=O) groups is 2. The number of nitrogens with zero attached hydrogens (tertiary/aromatic N) is 4. The lowest BCUT2D eigenvalue weighted by Gasteiger charge is -2.40. The molecule has 2 fully saturated rings. The van der Waals surface area contributed by atoms with Crippen LogP contribution >= 0.6 is 0 Å². The monoisotopic (exact) mass is 347 g/mol. The smallest absolute Gasteiger partial charge is 0.244 e. The second-order valence-corrected chi connectivity index (χ2v) is 7.29.